The van der Waals surface area contributed by atoms with Crippen LogP contribution in [0.2, 0.25) is 0 Å². The molecule has 0 aromatic carbocycles. The molecule has 0 aliphatic heterocycles. The van der Waals surface area contributed by atoms with Crippen LogP contribution < -0.4 is 11.2 Å². The van der Waals surface area contributed by atoms with E-state index in [1.54, 1.807) is 4.90 Å². The molecule has 1 saturated carbocycles. The fourth-order valence-electron chi connectivity index (χ4n) is 1.36. The van der Waals surface area contributed by atoms with Crippen molar-refractivity contribution >= 4 is 11.8 Å². The summed E-state index contributed by atoms with van der Waals surface area (Å²) in [6.07, 6.45) is 2.17. The Hall–Kier alpha value is -1.14. The summed E-state index contributed by atoms with van der Waals surface area (Å²) in [5, 5.41) is 0. The smallest absolute Gasteiger partial charge is 0.245 e. The average molecular weight is 215 g/mol. The Morgan fingerprint density at radius 3 is 2.67 bits per heavy atom. The molecule has 2 amide bonds. The van der Waals surface area contributed by atoms with Gasteiger partial charge in [0.15, 0.2) is 0 Å². The molecule has 1 aliphatic rings. The number of carbonyl (C=O) groups excluding carboxylic acids is 2. The van der Waals surface area contributed by atoms with Crippen molar-refractivity contribution in [2.45, 2.75) is 25.8 Å². The Kier molecular flexibility index (Phi) is 4.51. The van der Waals surface area contributed by atoms with Gasteiger partial charge in [-0.3, -0.25) is 14.4 Å². The van der Waals surface area contributed by atoms with E-state index in [9.17, 15) is 9.59 Å². The largest absolute Gasteiger partial charge is 0.368 e. The van der Waals surface area contributed by atoms with E-state index >= 15 is 0 Å². The molecule has 6 nitrogen and oxygen atoms in total. The summed E-state index contributed by atoms with van der Waals surface area (Å²) in [4.78, 5) is 28.4. The van der Waals surface area contributed by atoms with Crippen molar-refractivity contribution in [3.63, 3.8) is 0 Å². The van der Waals surface area contributed by atoms with Crippen molar-refractivity contribution in [1.82, 2.24) is 10.4 Å². The lowest BCUT2D eigenvalue weighted by atomic mass is 10.4. The molecule has 86 valence electrons. The standard InChI is InChI=1S/C9H17N3O3/c1-2-12(7-3-4-7)9(14)5-11-15-6-8(10)13/h7,11H,2-6H2,1H3,(H2,10,13). The van der Waals surface area contributed by atoms with E-state index in [2.05, 4.69) is 10.3 Å². The Bertz CT molecular complexity index is 241. The average Bonchev–Trinajstić information content (AvgIpc) is 2.97. The van der Waals surface area contributed by atoms with Gasteiger partial charge >= 0.3 is 0 Å². The Labute approximate surface area is 88.7 Å². The summed E-state index contributed by atoms with van der Waals surface area (Å²) in [6.45, 7) is 2.52. The molecule has 15 heavy (non-hydrogen) atoms. The van der Waals surface area contributed by atoms with Crippen LogP contribution in [0.1, 0.15) is 19.8 Å². The van der Waals surface area contributed by atoms with Gasteiger partial charge in [-0.15, -0.1) is 0 Å². The van der Waals surface area contributed by atoms with Gasteiger partial charge in [-0.1, -0.05) is 0 Å². The molecule has 3 N–H and O–H groups in total. The number of nitrogens with one attached hydrogen (secondary N) is 1. The first kappa shape index (κ1) is 11.9. The van der Waals surface area contributed by atoms with Gasteiger partial charge in [-0.2, -0.15) is 5.48 Å². The molecule has 1 aliphatic carbocycles. The third-order valence-corrected chi connectivity index (χ3v) is 2.19. The lowest BCUT2D eigenvalue weighted by Gasteiger charge is -2.20. The SMILES string of the molecule is CCN(C(=O)CNOCC(N)=O)C1CC1. The van der Waals surface area contributed by atoms with Crippen LogP contribution in [0.3, 0.4) is 0 Å². The van der Waals surface area contributed by atoms with Gasteiger partial charge in [-0.25, -0.2) is 0 Å². The molecule has 0 radical (unpaired) electrons. The van der Waals surface area contributed by atoms with Gasteiger partial charge in [0.1, 0.15) is 13.2 Å². The molecule has 1 fully saturated rings. The number of nitrogens with zero attached hydrogens (tertiary/aromatic N) is 1. The minimum atomic E-state index is -0.565. The second kappa shape index (κ2) is 5.67. The molecule has 0 spiro atoms. The maximum atomic E-state index is 11.6. The Morgan fingerprint density at radius 2 is 2.20 bits per heavy atom. The Morgan fingerprint density at radius 1 is 1.53 bits per heavy atom. The predicted molar refractivity (Wildman–Crippen MR) is 53.6 cm³/mol. The van der Waals surface area contributed by atoms with Gasteiger partial charge in [0, 0.05) is 12.6 Å². The van der Waals surface area contributed by atoms with Gasteiger partial charge in [0.25, 0.3) is 0 Å². The number of hydroxylamine groups is 1. The Balaban J connectivity index is 2.13. The minimum absolute atomic E-state index is 0.00975. The number of amides is 2. The summed E-state index contributed by atoms with van der Waals surface area (Å²) < 4.78 is 0. The van der Waals surface area contributed by atoms with Crippen LogP contribution in [0.4, 0.5) is 0 Å². The first-order valence-corrected chi connectivity index (χ1v) is 5.07. The minimum Gasteiger partial charge on any atom is -0.368 e. The maximum Gasteiger partial charge on any atom is 0.245 e. The van der Waals surface area contributed by atoms with Crippen molar-refractivity contribution in [2.75, 3.05) is 19.7 Å². The van der Waals surface area contributed by atoms with Crippen LogP contribution in [-0.4, -0.2) is 42.5 Å². The maximum absolute atomic E-state index is 11.6. The van der Waals surface area contributed by atoms with Crippen LogP contribution in [0.5, 0.6) is 0 Å². The van der Waals surface area contributed by atoms with Crippen LogP contribution in [-0.2, 0) is 14.4 Å². The number of hydrogen-bond donors (Lipinski definition) is 2. The molecule has 0 atom stereocenters. The summed E-state index contributed by atoms with van der Waals surface area (Å²) in [5.74, 6) is -0.575. The zero-order chi connectivity index (χ0) is 11.3. The molecule has 1 rings (SSSR count). The van der Waals surface area contributed by atoms with Crippen molar-refractivity contribution < 1.29 is 14.4 Å². The van der Waals surface area contributed by atoms with Crippen molar-refractivity contribution in [3.8, 4) is 0 Å². The molecule has 6 heteroatoms. The van der Waals surface area contributed by atoms with E-state index in [1.165, 1.54) is 0 Å². The zero-order valence-electron chi connectivity index (χ0n) is 8.86. The monoisotopic (exact) mass is 215 g/mol. The fraction of sp³-hybridized carbons (Fsp3) is 0.778. The third kappa shape index (κ3) is 4.26. The highest BCUT2D eigenvalue weighted by Gasteiger charge is 2.30. The lowest BCUT2D eigenvalue weighted by molar-refractivity contribution is -0.136. The van der Waals surface area contributed by atoms with Crippen LogP contribution >= 0.6 is 0 Å². The number of hydrogen-bond acceptors (Lipinski definition) is 4. The highest BCUT2D eigenvalue weighted by Crippen LogP contribution is 2.26. The first-order valence-electron chi connectivity index (χ1n) is 5.07. The second-order valence-corrected chi connectivity index (χ2v) is 3.49. The number of carbonyl (C=O) groups is 2. The summed E-state index contributed by atoms with van der Waals surface area (Å²) in [5.41, 5.74) is 7.28. The molecular weight excluding hydrogens is 198 g/mol. The van der Waals surface area contributed by atoms with Gasteiger partial charge in [-0.05, 0) is 19.8 Å². The number of primary amides is 1. The molecule has 0 unspecified atom stereocenters. The molecular formula is C9H17N3O3. The molecule has 0 heterocycles. The van der Waals surface area contributed by atoms with E-state index in [1.807, 2.05) is 6.92 Å². The highest BCUT2D eigenvalue weighted by molar-refractivity contribution is 5.78. The summed E-state index contributed by atoms with van der Waals surface area (Å²) >= 11 is 0. The van der Waals surface area contributed by atoms with Gasteiger partial charge < -0.3 is 10.6 Å². The lowest BCUT2D eigenvalue weighted by Crippen LogP contribution is -2.40. The quantitative estimate of drug-likeness (QED) is 0.421. The van der Waals surface area contributed by atoms with E-state index in [-0.39, 0.29) is 19.1 Å². The second-order valence-electron chi connectivity index (χ2n) is 3.49. The van der Waals surface area contributed by atoms with Crippen LogP contribution in [0.15, 0.2) is 0 Å². The number of likely N-dealkylation sites (N-methyl/N-ethyl adjacent to an activating group) is 1. The van der Waals surface area contributed by atoms with Crippen LogP contribution in [0, 0.1) is 0 Å². The van der Waals surface area contributed by atoms with Crippen molar-refractivity contribution in [1.29, 1.82) is 0 Å². The van der Waals surface area contributed by atoms with Crippen molar-refractivity contribution in [2.24, 2.45) is 5.73 Å². The zero-order valence-corrected chi connectivity index (χ0v) is 8.86. The van der Waals surface area contributed by atoms with Gasteiger partial charge in [0.05, 0.1) is 0 Å². The molecule has 0 aromatic heterocycles. The summed E-state index contributed by atoms with van der Waals surface area (Å²) in [6, 6.07) is 0.403. The highest BCUT2D eigenvalue weighted by atomic mass is 16.6. The molecule has 0 aromatic rings. The number of nitrogens with two attached hydrogens (primary N) is 1. The number of rotatable bonds is 7. The molecule has 0 saturated heterocycles. The van der Waals surface area contributed by atoms with E-state index in [4.69, 9.17) is 5.73 Å². The normalized spacial score (nSPS) is 15.0. The van der Waals surface area contributed by atoms with E-state index < -0.39 is 5.91 Å². The first-order chi connectivity index (χ1) is 7.15. The summed E-state index contributed by atoms with van der Waals surface area (Å²) in [7, 11) is 0. The van der Waals surface area contributed by atoms with E-state index in [0.717, 1.165) is 12.8 Å². The fourth-order valence-corrected chi connectivity index (χ4v) is 1.36. The predicted octanol–water partition coefficient (Wildman–Crippen LogP) is -0.996. The van der Waals surface area contributed by atoms with Crippen LogP contribution in [0.25, 0.3) is 0 Å². The van der Waals surface area contributed by atoms with E-state index in [0.29, 0.717) is 12.6 Å². The molecule has 0 bridgehead atoms. The third-order valence-electron chi connectivity index (χ3n) is 2.19. The topological polar surface area (TPSA) is 84.7 Å². The van der Waals surface area contributed by atoms with Gasteiger partial charge in [0.2, 0.25) is 11.8 Å². The van der Waals surface area contributed by atoms with Crippen molar-refractivity contribution in [3.05, 3.63) is 0 Å².